The minimum Gasteiger partial charge on any atom is -0.496 e. The number of aliphatic carboxylic acids is 1. The van der Waals surface area contributed by atoms with E-state index in [1.54, 1.807) is 18.9 Å². The van der Waals surface area contributed by atoms with E-state index in [9.17, 15) is 9.59 Å². The Bertz CT molecular complexity index is 837. The van der Waals surface area contributed by atoms with Crippen LogP contribution >= 0.6 is 0 Å². The smallest absolute Gasteiger partial charge is 0.311 e. The molecule has 1 atom stereocenters. The fourth-order valence-corrected chi connectivity index (χ4v) is 3.50. The lowest BCUT2D eigenvalue weighted by Gasteiger charge is -2.26. The van der Waals surface area contributed by atoms with Gasteiger partial charge in [0.15, 0.2) is 0 Å². The highest BCUT2D eigenvalue weighted by molar-refractivity contribution is 5.97. The average molecular weight is 387 g/mol. The van der Waals surface area contributed by atoms with Gasteiger partial charge in [0.25, 0.3) is 5.91 Å². The Hall–Kier alpha value is -2.80. The predicted molar refractivity (Wildman–Crippen MR) is 101 cm³/mol. The quantitative estimate of drug-likeness (QED) is 0.749. The van der Waals surface area contributed by atoms with Crippen molar-refractivity contribution in [1.29, 1.82) is 0 Å². The van der Waals surface area contributed by atoms with Gasteiger partial charge in [0.1, 0.15) is 17.9 Å². The van der Waals surface area contributed by atoms with Gasteiger partial charge in [-0.3, -0.25) is 9.59 Å². The summed E-state index contributed by atoms with van der Waals surface area (Å²) in [7, 11) is 1.59. The number of furan rings is 1. The molecular formula is C21H25NO6. The van der Waals surface area contributed by atoms with Crippen LogP contribution < -0.4 is 4.74 Å². The Morgan fingerprint density at radius 2 is 2.11 bits per heavy atom. The van der Waals surface area contributed by atoms with Gasteiger partial charge in [-0.2, -0.15) is 0 Å². The maximum absolute atomic E-state index is 13.4. The standard InChI is InChI=1S/C21H25NO6/c1-14-13-28-18(10-19(23)24)20(14)21(25)22(12-16-7-5-9-27-16)11-15-6-3-4-8-17(15)26-2/h3-4,6,8,13,16H,5,7,9-12H2,1-2H3,(H,23,24). The van der Waals surface area contributed by atoms with Crippen LogP contribution in [0, 0.1) is 6.92 Å². The fourth-order valence-electron chi connectivity index (χ4n) is 3.50. The highest BCUT2D eigenvalue weighted by Crippen LogP contribution is 2.25. The first-order valence-corrected chi connectivity index (χ1v) is 9.31. The van der Waals surface area contributed by atoms with Crippen molar-refractivity contribution in [3.63, 3.8) is 0 Å². The summed E-state index contributed by atoms with van der Waals surface area (Å²) in [5.74, 6) is -0.433. The first kappa shape index (κ1) is 19.9. The number of rotatable bonds is 8. The number of aryl methyl sites for hydroxylation is 1. The van der Waals surface area contributed by atoms with Crippen LogP contribution in [-0.4, -0.2) is 48.2 Å². The Morgan fingerprint density at radius 3 is 2.79 bits per heavy atom. The molecule has 7 heteroatoms. The number of methoxy groups -OCH3 is 1. The summed E-state index contributed by atoms with van der Waals surface area (Å²) >= 11 is 0. The van der Waals surface area contributed by atoms with Gasteiger partial charge >= 0.3 is 5.97 Å². The van der Waals surface area contributed by atoms with Crippen molar-refractivity contribution in [2.75, 3.05) is 20.3 Å². The zero-order valence-electron chi connectivity index (χ0n) is 16.1. The molecule has 2 aromatic rings. The number of amides is 1. The van der Waals surface area contributed by atoms with Crippen LogP contribution in [0.25, 0.3) is 0 Å². The first-order valence-electron chi connectivity index (χ1n) is 9.31. The van der Waals surface area contributed by atoms with Gasteiger partial charge in [-0.15, -0.1) is 0 Å². The lowest BCUT2D eigenvalue weighted by molar-refractivity contribution is -0.136. The summed E-state index contributed by atoms with van der Waals surface area (Å²) in [6, 6.07) is 7.53. The van der Waals surface area contributed by atoms with Gasteiger partial charge in [0.05, 0.1) is 25.0 Å². The van der Waals surface area contributed by atoms with E-state index in [0.717, 1.165) is 18.4 Å². The normalized spacial score (nSPS) is 16.1. The van der Waals surface area contributed by atoms with Gasteiger partial charge in [-0.25, -0.2) is 0 Å². The van der Waals surface area contributed by atoms with Crippen LogP contribution in [0.3, 0.4) is 0 Å². The molecule has 1 unspecified atom stereocenters. The first-order chi connectivity index (χ1) is 13.5. The third kappa shape index (κ3) is 4.54. The second-order valence-electron chi connectivity index (χ2n) is 6.92. The molecule has 1 aromatic carbocycles. The molecular weight excluding hydrogens is 362 g/mol. The van der Waals surface area contributed by atoms with E-state index in [4.69, 9.17) is 19.0 Å². The summed E-state index contributed by atoms with van der Waals surface area (Å²) in [6.07, 6.45) is 2.92. The molecule has 28 heavy (non-hydrogen) atoms. The Kier molecular flexibility index (Phi) is 6.36. The molecule has 0 spiro atoms. The lowest BCUT2D eigenvalue weighted by atomic mass is 10.1. The van der Waals surface area contributed by atoms with Crippen LogP contribution in [0.4, 0.5) is 0 Å². The fraction of sp³-hybridized carbons (Fsp3) is 0.429. The zero-order valence-corrected chi connectivity index (χ0v) is 16.1. The number of carbonyl (C=O) groups excluding carboxylic acids is 1. The van der Waals surface area contributed by atoms with Gasteiger partial charge in [0, 0.05) is 30.8 Å². The van der Waals surface area contributed by atoms with Crippen LogP contribution in [0.5, 0.6) is 5.75 Å². The van der Waals surface area contributed by atoms with Crippen molar-refractivity contribution in [3.8, 4) is 5.75 Å². The molecule has 1 fully saturated rings. The number of carboxylic acid groups (broad SMARTS) is 1. The summed E-state index contributed by atoms with van der Waals surface area (Å²) in [5, 5.41) is 9.13. The topological polar surface area (TPSA) is 89.2 Å². The van der Waals surface area contributed by atoms with Crippen molar-refractivity contribution >= 4 is 11.9 Å². The molecule has 1 aromatic heterocycles. The molecule has 1 amide bonds. The Labute approximate surface area is 163 Å². The molecule has 1 aliphatic rings. The highest BCUT2D eigenvalue weighted by Gasteiger charge is 2.29. The molecule has 0 saturated carbocycles. The van der Waals surface area contributed by atoms with Gasteiger partial charge in [-0.1, -0.05) is 18.2 Å². The summed E-state index contributed by atoms with van der Waals surface area (Å²) in [4.78, 5) is 26.2. The Balaban J connectivity index is 1.91. The molecule has 150 valence electrons. The van der Waals surface area contributed by atoms with Crippen LogP contribution in [0.1, 0.15) is 40.1 Å². The highest BCUT2D eigenvalue weighted by atomic mass is 16.5. The third-order valence-corrected chi connectivity index (χ3v) is 4.87. The molecule has 7 nitrogen and oxygen atoms in total. The number of carboxylic acids is 1. The van der Waals surface area contributed by atoms with Crippen molar-refractivity contribution < 1.29 is 28.6 Å². The number of carbonyl (C=O) groups is 2. The average Bonchev–Trinajstić information content (AvgIpc) is 3.30. The number of hydrogen-bond donors (Lipinski definition) is 1. The third-order valence-electron chi connectivity index (χ3n) is 4.87. The molecule has 1 N–H and O–H groups in total. The number of para-hydroxylation sites is 1. The molecule has 2 heterocycles. The molecule has 0 aliphatic carbocycles. The maximum atomic E-state index is 13.4. The van der Waals surface area contributed by atoms with Crippen molar-refractivity contribution in [3.05, 3.63) is 53.0 Å². The summed E-state index contributed by atoms with van der Waals surface area (Å²) < 4.78 is 16.5. The SMILES string of the molecule is COc1ccccc1CN(CC1CCCO1)C(=O)c1c(C)coc1CC(=O)O. The number of nitrogens with zero attached hydrogens (tertiary/aromatic N) is 1. The van der Waals surface area contributed by atoms with E-state index < -0.39 is 5.97 Å². The van der Waals surface area contributed by atoms with E-state index in [1.165, 1.54) is 6.26 Å². The largest absolute Gasteiger partial charge is 0.496 e. The molecule has 0 bridgehead atoms. The minimum atomic E-state index is -1.04. The number of ether oxygens (including phenoxy) is 2. The molecule has 1 aliphatic heterocycles. The van der Waals surface area contributed by atoms with Gasteiger partial charge in [-0.05, 0) is 25.8 Å². The van der Waals surface area contributed by atoms with E-state index >= 15 is 0 Å². The van der Waals surface area contributed by atoms with E-state index in [2.05, 4.69) is 0 Å². The molecule has 3 rings (SSSR count). The van der Waals surface area contributed by atoms with E-state index in [1.807, 2.05) is 24.3 Å². The summed E-state index contributed by atoms with van der Waals surface area (Å²) in [5.41, 5.74) is 1.81. The van der Waals surface area contributed by atoms with E-state index in [-0.39, 0.29) is 24.2 Å². The summed E-state index contributed by atoms with van der Waals surface area (Å²) in [6.45, 7) is 3.19. The number of hydrogen-bond acceptors (Lipinski definition) is 5. The lowest BCUT2D eigenvalue weighted by Crippen LogP contribution is -2.37. The van der Waals surface area contributed by atoms with Crippen LogP contribution in [0.2, 0.25) is 0 Å². The zero-order chi connectivity index (χ0) is 20.1. The number of benzene rings is 1. The van der Waals surface area contributed by atoms with Crippen molar-refractivity contribution in [2.24, 2.45) is 0 Å². The minimum absolute atomic E-state index is 0.0335. The van der Waals surface area contributed by atoms with E-state index in [0.29, 0.717) is 36.6 Å². The second-order valence-corrected chi connectivity index (χ2v) is 6.92. The van der Waals surface area contributed by atoms with Gasteiger partial charge < -0.3 is 23.9 Å². The van der Waals surface area contributed by atoms with Crippen LogP contribution in [0.15, 0.2) is 34.9 Å². The predicted octanol–water partition coefficient (Wildman–Crippen LogP) is 3.05. The maximum Gasteiger partial charge on any atom is 0.311 e. The molecule has 0 radical (unpaired) electrons. The Morgan fingerprint density at radius 1 is 1.32 bits per heavy atom. The second kappa shape index (κ2) is 8.93. The van der Waals surface area contributed by atoms with Crippen molar-refractivity contribution in [2.45, 2.75) is 38.8 Å². The van der Waals surface area contributed by atoms with Gasteiger partial charge in [0.2, 0.25) is 0 Å². The van der Waals surface area contributed by atoms with Crippen LogP contribution in [-0.2, 0) is 22.5 Å². The monoisotopic (exact) mass is 387 g/mol. The molecule has 1 saturated heterocycles. The van der Waals surface area contributed by atoms with Crippen molar-refractivity contribution in [1.82, 2.24) is 4.90 Å².